The lowest BCUT2D eigenvalue weighted by Gasteiger charge is -2.26. The molecule has 37 heavy (non-hydrogen) atoms. The third-order valence-corrected chi connectivity index (χ3v) is 7.18. The first-order valence-corrected chi connectivity index (χ1v) is 12.2. The van der Waals surface area contributed by atoms with Crippen LogP contribution in [0, 0.1) is 6.92 Å². The summed E-state index contributed by atoms with van der Waals surface area (Å²) in [5.74, 6) is -0.222. The molecule has 0 bridgehead atoms. The van der Waals surface area contributed by atoms with Crippen molar-refractivity contribution in [2.24, 2.45) is 0 Å². The molecule has 3 heterocycles. The Labute approximate surface area is 213 Å². The third-order valence-electron chi connectivity index (χ3n) is 7.18. The van der Waals surface area contributed by atoms with E-state index in [1.807, 2.05) is 44.2 Å². The van der Waals surface area contributed by atoms with Crippen molar-refractivity contribution in [2.75, 3.05) is 12.0 Å². The van der Waals surface area contributed by atoms with Gasteiger partial charge >= 0.3 is 0 Å². The Morgan fingerprint density at radius 3 is 2.59 bits per heavy atom. The Balaban J connectivity index is 1.59. The number of ketones is 1. The number of fused-ring (bicyclic) bond motifs is 2. The minimum absolute atomic E-state index is 0.0434. The highest BCUT2D eigenvalue weighted by molar-refractivity contribution is 6.52. The first kappa shape index (κ1) is 22.9. The number of nitrogens with zero attached hydrogens (tertiary/aromatic N) is 1. The predicted octanol–water partition coefficient (Wildman–Crippen LogP) is 5.43. The van der Waals surface area contributed by atoms with Gasteiger partial charge in [0, 0.05) is 39.8 Å². The molecule has 7 nitrogen and oxygen atoms in total. The number of amides is 1. The summed E-state index contributed by atoms with van der Waals surface area (Å²) in [4.78, 5) is 32.0. The molecule has 2 unspecified atom stereocenters. The maximum Gasteiger partial charge on any atom is 0.300 e. The predicted molar refractivity (Wildman–Crippen MR) is 141 cm³/mol. The molecular formula is C30H26N2O5. The van der Waals surface area contributed by atoms with E-state index in [2.05, 4.69) is 4.98 Å². The molecule has 2 atom stereocenters. The molecule has 0 spiro atoms. The van der Waals surface area contributed by atoms with Crippen LogP contribution in [0.2, 0.25) is 0 Å². The number of H-pyrrole nitrogens is 1. The van der Waals surface area contributed by atoms with Gasteiger partial charge < -0.3 is 19.6 Å². The van der Waals surface area contributed by atoms with Crippen molar-refractivity contribution in [3.05, 3.63) is 94.7 Å². The number of carbonyl (C=O) groups is 2. The van der Waals surface area contributed by atoms with E-state index in [9.17, 15) is 14.7 Å². The van der Waals surface area contributed by atoms with Crippen LogP contribution in [0.25, 0.3) is 16.7 Å². The number of aryl methyl sites for hydroxylation is 1. The summed E-state index contributed by atoms with van der Waals surface area (Å²) in [6, 6.07) is 19.3. The lowest BCUT2D eigenvalue weighted by molar-refractivity contribution is -0.132. The van der Waals surface area contributed by atoms with E-state index in [-0.39, 0.29) is 17.4 Å². The Morgan fingerprint density at radius 1 is 1.08 bits per heavy atom. The first-order valence-electron chi connectivity index (χ1n) is 12.2. The van der Waals surface area contributed by atoms with Crippen molar-refractivity contribution in [1.82, 2.24) is 4.98 Å². The Kier molecular flexibility index (Phi) is 5.30. The number of benzene rings is 3. The molecule has 6 rings (SSSR count). The van der Waals surface area contributed by atoms with Crippen LogP contribution in [0.4, 0.5) is 5.69 Å². The lowest BCUT2D eigenvalue weighted by atomic mass is 9.92. The van der Waals surface area contributed by atoms with Crippen molar-refractivity contribution < 1.29 is 24.2 Å². The summed E-state index contributed by atoms with van der Waals surface area (Å²) < 4.78 is 11.1. The number of para-hydroxylation sites is 1. The highest BCUT2D eigenvalue weighted by Gasteiger charge is 2.48. The van der Waals surface area contributed by atoms with E-state index in [0.29, 0.717) is 23.4 Å². The van der Waals surface area contributed by atoms with Crippen LogP contribution in [0.1, 0.15) is 35.3 Å². The van der Waals surface area contributed by atoms with Gasteiger partial charge in [-0.05, 0) is 67.9 Å². The normalized spacial score (nSPS) is 20.4. The highest BCUT2D eigenvalue weighted by Crippen LogP contribution is 2.46. The maximum absolute atomic E-state index is 13.6. The largest absolute Gasteiger partial charge is 0.507 e. The molecular weight excluding hydrogens is 468 g/mol. The van der Waals surface area contributed by atoms with Gasteiger partial charge in [-0.3, -0.25) is 14.5 Å². The SMILES string of the molecule is COc1ccc(N2C(=O)C(=O)/C(=C(/O)c3ccc4c(c3)CC(C)O4)C2c2c(C)[nH]c3ccccc23)cc1. The van der Waals surface area contributed by atoms with E-state index in [0.717, 1.165) is 33.5 Å². The summed E-state index contributed by atoms with van der Waals surface area (Å²) in [6.07, 6.45) is 0.753. The van der Waals surface area contributed by atoms with Crippen LogP contribution >= 0.6 is 0 Å². The molecule has 4 aromatic rings. The first-order chi connectivity index (χ1) is 17.9. The van der Waals surface area contributed by atoms with Crippen molar-refractivity contribution in [3.8, 4) is 11.5 Å². The fourth-order valence-electron chi connectivity index (χ4n) is 5.49. The molecule has 3 aromatic carbocycles. The van der Waals surface area contributed by atoms with Crippen LogP contribution in [-0.4, -0.2) is 35.0 Å². The molecule has 2 aliphatic heterocycles. The number of carbonyl (C=O) groups excluding carboxylic acids is 2. The Bertz CT molecular complexity index is 1600. The van der Waals surface area contributed by atoms with Crippen molar-refractivity contribution in [1.29, 1.82) is 0 Å². The number of anilines is 1. The molecule has 7 heteroatoms. The van der Waals surface area contributed by atoms with Gasteiger partial charge in [-0.25, -0.2) is 0 Å². The average molecular weight is 495 g/mol. The van der Waals surface area contributed by atoms with E-state index in [1.54, 1.807) is 43.5 Å². The molecule has 186 valence electrons. The van der Waals surface area contributed by atoms with E-state index in [4.69, 9.17) is 9.47 Å². The second-order valence-electron chi connectivity index (χ2n) is 9.53. The number of ether oxygens (including phenoxy) is 2. The molecule has 2 N–H and O–H groups in total. The van der Waals surface area contributed by atoms with Gasteiger partial charge in [0.15, 0.2) is 0 Å². The summed E-state index contributed by atoms with van der Waals surface area (Å²) in [5.41, 5.74) is 4.50. The van der Waals surface area contributed by atoms with Gasteiger partial charge in [0.25, 0.3) is 11.7 Å². The molecule has 1 saturated heterocycles. The van der Waals surface area contributed by atoms with Crippen molar-refractivity contribution in [3.63, 3.8) is 0 Å². The number of aromatic nitrogens is 1. The van der Waals surface area contributed by atoms with Crippen LogP contribution < -0.4 is 14.4 Å². The summed E-state index contributed by atoms with van der Waals surface area (Å²) in [6.45, 7) is 3.90. The monoisotopic (exact) mass is 494 g/mol. The number of aliphatic hydroxyl groups excluding tert-OH is 1. The standard InChI is InChI=1S/C30H26N2O5/c1-16-14-19-15-18(8-13-24(19)37-16)28(33)26-27(25-17(2)31-23-7-5-4-6-22(23)25)32(30(35)29(26)34)20-9-11-21(36-3)12-10-20/h4-13,15-16,27,31,33H,14H2,1-3H3/b28-26+. The second kappa shape index (κ2) is 8.55. The van der Waals surface area contributed by atoms with E-state index < -0.39 is 17.7 Å². The number of methoxy groups -OCH3 is 1. The highest BCUT2D eigenvalue weighted by atomic mass is 16.5. The number of Topliss-reactive ketones (excluding diaryl/α,β-unsaturated/α-hetero) is 1. The van der Waals surface area contributed by atoms with E-state index in [1.165, 1.54) is 4.90 Å². The topological polar surface area (TPSA) is 91.9 Å². The van der Waals surface area contributed by atoms with Crippen molar-refractivity contribution >= 4 is 34.0 Å². The fraction of sp³-hybridized carbons (Fsp3) is 0.200. The fourth-order valence-corrected chi connectivity index (χ4v) is 5.49. The molecule has 0 radical (unpaired) electrons. The maximum atomic E-state index is 13.6. The quantitative estimate of drug-likeness (QED) is 0.224. The number of rotatable bonds is 4. The molecule has 1 aromatic heterocycles. The van der Waals surface area contributed by atoms with Crippen LogP contribution in [0.15, 0.2) is 72.3 Å². The smallest absolute Gasteiger partial charge is 0.300 e. The van der Waals surface area contributed by atoms with Gasteiger partial charge in [-0.2, -0.15) is 0 Å². The average Bonchev–Trinajstić information content (AvgIpc) is 3.52. The lowest BCUT2D eigenvalue weighted by Crippen LogP contribution is -2.29. The zero-order chi connectivity index (χ0) is 25.8. The Morgan fingerprint density at radius 2 is 1.84 bits per heavy atom. The van der Waals surface area contributed by atoms with E-state index >= 15 is 0 Å². The zero-order valence-corrected chi connectivity index (χ0v) is 20.7. The van der Waals surface area contributed by atoms with Gasteiger partial charge in [-0.15, -0.1) is 0 Å². The van der Waals surface area contributed by atoms with Gasteiger partial charge in [0.1, 0.15) is 23.4 Å². The van der Waals surface area contributed by atoms with Gasteiger partial charge in [0.05, 0.1) is 18.7 Å². The summed E-state index contributed by atoms with van der Waals surface area (Å²) in [7, 11) is 1.57. The van der Waals surface area contributed by atoms with Crippen LogP contribution in [0.5, 0.6) is 11.5 Å². The number of hydrogen-bond acceptors (Lipinski definition) is 5. The Hall–Kier alpha value is -4.52. The molecule has 0 saturated carbocycles. The molecule has 2 aliphatic rings. The minimum atomic E-state index is -0.826. The number of aliphatic hydroxyl groups is 1. The number of nitrogens with one attached hydrogen (secondary N) is 1. The minimum Gasteiger partial charge on any atom is -0.507 e. The zero-order valence-electron chi connectivity index (χ0n) is 20.7. The molecule has 0 aliphatic carbocycles. The number of hydrogen-bond donors (Lipinski definition) is 2. The molecule has 1 fully saturated rings. The second-order valence-corrected chi connectivity index (χ2v) is 9.53. The summed E-state index contributed by atoms with van der Waals surface area (Å²) in [5, 5.41) is 12.5. The van der Waals surface area contributed by atoms with Crippen LogP contribution in [-0.2, 0) is 16.0 Å². The number of aromatic amines is 1. The third kappa shape index (κ3) is 3.57. The summed E-state index contributed by atoms with van der Waals surface area (Å²) >= 11 is 0. The van der Waals surface area contributed by atoms with Crippen molar-refractivity contribution in [2.45, 2.75) is 32.4 Å². The van der Waals surface area contributed by atoms with Gasteiger partial charge in [0.2, 0.25) is 0 Å². The van der Waals surface area contributed by atoms with Crippen LogP contribution in [0.3, 0.4) is 0 Å². The van der Waals surface area contributed by atoms with Gasteiger partial charge in [-0.1, -0.05) is 18.2 Å². The molecule has 1 amide bonds.